The van der Waals surface area contributed by atoms with Gasteiger partial charge in [0.2, 0.25) is 0 Å². The van der Waals surface area contributed by atoms with Gasteiger partial charge in [-0.15, -0.1) is 0 Å². The molecule has 2 N–H and O–H groups in total. The van der Waals surface area contributed by atoms with Gasteiger partial charge in [0.25, 0.3) is 12.2 Å². The number of hydrogen-bond donors (Lipinski definition) is 2. The molecule has 0 unspecified atom stereocenters. The van der Waals surface area contributed by atoms with Crippen LogP contribution in [0.15, 0.2) is 24.5 Å². The van der Waals surface area contributed by atoms with Crippen LogP contribution in [0.5, 0.6) is 0 Å². The summed E-state index contributed by atoms with van der Waals surface area (Å²) >= 11 is 0. The molecule has 0 aromatic carbocycles. The zero-order valence-corrected chi connectivity index (χ0v) is 9.32. The molecule has 15 heavy (non-hydrogen) atoms. The Bertz CT molecular complexity index is 335. The number of amides is 1. The van der Waals surface area contributed by atoms with E-state index in [0.29, 0.717) is 5.56 Å². The second-order valence-corrected chi connectivity index (χ2v) is 2.93. The number of aromatic nitrogens is 1. The smallest absolute Gasteiger partial charge is 0.286 e. The molecule has 6 heteroatoms. The first-order valence-corrected chi connectivity index (χ1v) is 4.16. The number of carbonyl (C=O) groups excluding carboxylic acids is 1. The Morgan fingerprint density at radius 2 is 2.00 bits per heavy atom. The van der Waals surface area contributed by atoms with Crippen molar-refractivity contribution < 1.29 is 21.8 Å². The van der Waals surface area contributed by atoms with Crippen LogP contribution in [0.2, 0.25) is 0 Å². The average molecular weight is 229 g/mol. The van der Waals surface area contributed by atoms with Gasteiger partial charge >= 0.3 is 0 Å². The van der Waals surface area contributed by atoms with Gasteiger partial charge in [0.1, 0.15) is 0 Å². The van der Waals surface area contributed by atoms with Crippen molar-refractivity contribution in [2.24, 2.45) is 0 Å². The lowest BCUT2D eigenvalue weighted by Gasteiger charge is -1.98. The number of hydrazine groups is 1. The zero-order chi connectivity index (χ0) is 10.4. The molecule has 0 bridgehead atoms. The summed E-state index contributed by atoms with van der Waals surface area (Å²) < 4.78 is 1.78. The largest absolute Gasteiger partial charge is 1.00 e. The van der Waals surface area contributed by atoms with E-state index >= 15 is 0 Å². The minimum Gasteiger partial charge on any atom is -1.00 e. The predicted octanol–water partition coefficient (Wildman–Crippen LogP) is -3.38. The van der Waals surface area contributed by atoms with E-state index in [4.69, 9.17) is 0 Å². The lowest BCUT2D eigenvalue weighted by molar-refractivity contribution is -0.461. The van der Waals surface area contributed by atoms with Gasteiger partial charge in [0.05, 0.1) is 14.1 Å². The number of hydrogen-bond acceptors (Lipinski definition) is 2. The van der Waals surface area contributed by atoms with Gasteiger partial charge in [-0.1, -0.05) is 0 Å². The monoisotopic (exact) mass is 228 g/mol. The summed E-state index contributed by atoms with van der Waals surface area (Å²) in [5, 5.41) is 0. The fourth-order valence-corrected chi connectivity index (χ4v) is 0.802. The van der Waals surface area contributed by atoms with Crippen molar-refractivity contribution in [2.75, 3.05) is 14.1 Å². The van der Waals surface area contributed by atoms with Crippen LogP contribution >= 0.6 is 0 Å². The zero-order valence-electron chi connectivity index (χ0n) is 8.57. The van der Waals surface area contributed by atoms with Crippen LogP contribution in [0.3, 0.4) is 0 Å². The molecule has 1 rings (SSSR count). The standard InChI is InChI=1S/C9H12N4O.ClH/c1-13(2)7-11-12-9(14)8-3-5-10-6-4-8;/h3-7H,1-2H3,(H,12,14);1H. The molecule has 1 aromatic rings. The molecule has 1 heterocycles. The maximum absolute atomic E-state index is 11.4. The van der Waals surface area contributed by atoms with E-state index in [1.54, 1.807) is 35.4 Å². The highest BCUT2D eigenvalue weighted by atomic mass is 35.5. The summed E-state index contributed by atoms with van der Waals surface area (Å²) in [7, 11) is 3.71. The SMILES string of the molecule is C[N+](C)=CNNC(=O)c1ccncc1.[Cl-]. The number of halogens is 1. The number of rotatable bonds is 3. The maximum atomic E-state index is 11.4. The molecule has 0 fully saturated rings. The Morgan fingerprint density at radius 1 is 1.40 bits per heavy atom. The van der Waals surface area contributed by atoms with Crippen molar-refractivity contribution in [1.29, 1.82) is 0 Å². The van der Waals surface area contributed by atoms with E-state index in [-0.39, 0.29) is 18.3 Å². The molecule has 0 saturated heterocycles. The van der Waals surface area contributed by atoms with Gasteiger partial charge < -0.3 is 12.4 Å². The number of nitrogens with one attached hydrogen (secondary N) is 2. The van der Waals surface area contributed by atoms with E-state index in [0.717, 1.165) is 0 Å². The third kappa shape index (κ3) is 4.97. The van der Waals surface area contributed by atoms with Crippen LogP contribution in [-0.2, 0) is 0 Å². The van der Waals surface area contributed by atoms with Crippen molar-refractivity contribution in [2.45, 2.75) is 0 Å². The van der Waals surface area contributed by atoms with Gasteiger partial charge in [-0.2, -0.15) is 10.9 Å². The van der Waals surface area contributed by atoms with E-state index in [2.05, 4.69) is 15.8 Å². The minimum absolute atomic E-state index is 0. The van der Waals surface area contributed by atoms with E-state index in [1.165, 1.54) is 0 Å². The first kappa shape index (κ1) is 13.4. The van der Waals surface area contributed by atoms with Crippen LogP contribution in [0.4, 0.5) is 0 Å². The topological polar surface area (TPSA) is 57.0 Å². The van der Waals surface area contributed by atoms with E-state index < -0.39 is 0 Å². The normalized spacial score (nSPS) is 8.40. The molecule has 0 spiro atoms. The molecule has 0 aliphatic rings. The van der Waals surface area contributed by atoms with Crippen molar-refractivity contribution in [3.8, 4) is 0 Å². The Labute approximate surface area is 94.6 Å². The Balaban J connectivity index is 0.00000196. The van der Waals surface area contributed by atoms with E-state index in [9.17, 15) is 4.79 Å². The molecule has 1 amide bonds. The number of carbonyl (C=O) groups is 1. The highest BCUT2D eigenvalue weighted by molar-refractivity contribution is 5.94. The second kappa shape index (κ2) is 6.78. The molecule has 0 aliphatic heterocycles. The molecule has 5 nitrogen and oxygen atoms in total. The summed E-state index contributed by atoms with van der Waals surface area (Å²) in [6.07, 6.45) is 4.79. The highest BCUT2D eigenvalue weighted by Crippen LogP contribution is 1.93. The van der Waals surface area contributed by atoms with Gasteiger partial charge in [-0.05, 0) is 12.1 Å². The van der Waals surface area contributed by atoms with Crippen LogP contribution in [-0.4, -0.2) is 35.9 Å². The first-order valence-electron chi connectivity index (χ1n) is 4.16. The first-order chi connectivity index (χ1) is 6.70. The Morgan fingerprint density at radius 3 is 2.53 bits per heavy atom. The number of pyridine rings is 1. The summed E-state index contributed by atoms with van der Waals surface area (Å²) in [6, 6.07) is 3.29. The maximum Gasteiger partial charge on any atom is 0.286 e. The van der Waals surface area contributed by atoms with Crippen molar-refractivity contribution in [3.05, 3.63) is 30.1 Å². The molecular formula is C9H13ClN4O. The Hall–Kier alpha value is -1.62. The molecule has 1 aromatic heterocycles. The average Bonchev–Trinajstić information content (AvgIpc) is 2.18. The minimum atomic E-state index is -0.189. The third-order valence-electron chi connectivity index (χ3n) is 1.45. The lowest BCUT2D eigenvalue weighted by atomic mass is 10.3. The molecule has 0 radical (unpaired) electrons. The fraction of sp³-hybridized carbons (Fsp3) is 0.222. The summed E-state index contributed by atoms with van der Waals surface area (Å²) in [5.74, 6) is -0.189. The van der Waals surface area contributed by atoms with Crippen molar-refractivity contribution >= 4 is 12.2 Å². The van der Waals surface area contributed by atoms with Crippen LogP contribution < -0.4 is 23.3 Å². The second-order valence-electron chi connectivity index (χ2n) is 2.93. The number of nitrogens with zero attached hydrogens (tertiary/aromatic N) is 2. The summed E-state index contributed by atoms with van der Waals surface area (Å²) in [4.78, 5) is 15.2. The highest BCUT2D eigenvalue weighted by Gasteiger charge is 2.03. The predicted molar refractivity (Wildman–Crippen MR) is 53.0 cm³/mol. The summed E-state index contributed by atoms with van der Waals surface area (Å²) in [5.41, 5.74) is 5.75. The summed E-state index contributed by atoms with van der Waals surface area (Å²) in [6.45, 7) is 0. The van der Waals surface area contributed by atoms with Crippen LogP contribution in [0.25, 0.3) is 0 Å². The molecular weight excluding hydrogens is 216 g/mol. The van der Waals surface area contributed by atoms with E-state index in [1.807, 2.05) is 14.1 Å². The third-order valence-corrected chi connectivity index (χ3v) is 1.45. The van der Waals surface area contributed by atoms with Crippen molar-refractivity contribution in [3.63, 3.8) is 0 Å². The molecule has 0 atom stereocenters. The van der Waals surface area contributed by atoms with Gasteiger partial charge in [0.15, 0.2) is 0 Å². The molecule has 0 saturated carbocycles. The Kier molecular flexibility index (Phi) is 6.05. The molecule has 0 aliphatic carbocycles. The quantitative estimate of drug-likeness (QED) is 0.246. The van der Waals surface area contributed by atoms with Crippen molar-refractivity contribution in [1.82, 2.24) is 15.8 Å². The van der Waals surface area contributed by atoms with Crippen LogP contribution in [0.1, 0.15) is 10.4 Å². The van der Waals surface area contributed by atoms with Gasteiger partial charge in [-0.25, -0.2) is 0 Å². The van der Waals surface area contributed by atoms with Gasteiger partial charge in [-0.3, -0.25) is 14.4 Å². The molecule has 82 valence electrons. The lowest BCUT2D eigenvalue weighted by Crippen LogP contribution is -3.00. The van der Waals surface area contributed by atoms with Gasteiger partial charge in [0, 0.05) is 18.0 Å². The van der Waals surface area contributed by atoms with Crippen LogP contribution in [0, 0.1) is 0 Å². The fourth-order valence-electron chi connectivity index (χ4n) is 0.802.